The molecule has 12 heavy (non-hydrogen) atoms. The summed E-state index contributed by atoms with van der Waals surface area (Å²) in [6.45, 7) is 7.80. The Balaban J connectivity index is 2.58. The van der Waals surface area contributed by atoms with Crippen LogP contribution in [0.15, 0.2) is 12.2 Å². The van der Waals surface area contributed by atoms with E-state index >= 15 is 0 Å². The maximum absolute atomic E-state index is 11.1. The first kappa shape index (κ1) is 9.30. The molecule has 0 radical (unpaired) electrons. The topological polar surface area (TPSA) is 26.3 Å². The predicted molar refractivity (Wildman–Crippen MR) is 47.7 cm³/mol. The Labute approximate surface area is 73.6 Å². The summed E-state index contributed by atoms with van der Waals surface area (Å²) in [5.74, 6) is 0.260. The molecule has 0 saturated carbocycles. The van der Waals surface area contributed by atoms with Crippen molar-refractivity contribution in [1.29, 1.82) is 0 Å². The number of hydrogen-bond acceptors (Lipinski definition) is 2. The van der Waals surface area contributed by atoms with Crippen molar-refractivity contribution in [3.8, 4) is 0 Å². The molecule has 0 unspecified atom stereocenters. The highest BCUT2D eigenvalue weighted by Gasteiger charge is 2.22. The van der Waals surface area contributed by atoms with Gasteiger partial charge in [0, 0.05) is 0 Å². The molecule has 1 aliphatic heterocycles. The van der Waals surface area contributed by atoms with Crippen LogP contribution in [-0.4, -0.2) is 12.1 Å². The second kappa shape index (κ2) is 3.74. The zero-order valence-electron chi connectivity index (χ0n) is 7.80. The fourth-order valence-electron chi connectivity index (χ4n) is 1.49. The average molecular weight is 168 g/mol. The summed E-state index contributed by atoms with van der Waals surface area (Å²) in [5.41, 5.74) is 1.10. The van der Waals surface area contributed by atoms with Crippen molar-refractivity contribution in [3.63, 3.8) is 0 Å². The third-order valence-electron chi connectivity index (χ3n) is 2.36. The van der Waals surface area contributed by atoms with Crippen LogP contribution in [0.25, 0.3) is 0 Å². The summed E-state index contributed by atoms with van der Waals surface area (Å²) in [6, 6.07) is 0. The van der Waals surface area contributed by atoms with Crippen LogP contribution < -0.4 is 0 Å². The second-order valence-corrected chi connectivity index (χ2v) is 3.63. The lowest BCUT2D eigenvalue weighted by Gasteiger charge is -2.10. The standard InChI is InChI=1S/C10H16O2/c1-7(2)9-5-4-8(3)12-10(11)6-9/h8-9H,1,4-6H2,2-3H3/t8-,9+/m1/s1. The Morgan fingerprint density at radius 1 is 1.58 bits per heavy atom. The number of ether oxygens (including phenoxy) is 1. The van der Waals surface area contributed by atoms with Gasteiger partial charge in [-0.3, -0.25) is 4.79 Å². The SMILES string of the molecule is C=C(C)[C@H]1CC[C@@H](C)OC(=O)C1. The van der Waals surface area contributed by atoms with E-state index in [1.807, 2.05) is 13.8 Å². The van der Waals surface area contributed by atoms with Crippen molar-refractivity contribution in [2.24, 2.45) is 5.92 Å². The molecule has 0 aromatic heterocycles. The summed E-state index contributed by atoms with van der Waals surface area (Å²) >= 11 is 0. The molecule has 0 bridgehead atoms. The van der Waals surface area contributed by atoms with Crippen molar-refractivity contribution in [2.45, 2.75) is 39.2 Å². The predicted octanol–water partition coefficient (Wildman–Crippen LogP) is 2.29. The van der Waals surface area contributed by atoms with Gasteiger partial charge in [-0.2, -0.15) is 0 Å². The molecule has 2 atom stereocenters. The molecule has 68 valence electrons. The minimum Gasteiger partial charge on any atom is -0.463 e. The number of carbonyl (C=O) groups is 1. The molecule has 0 aromatic carbocycles. The van der Waals surface area contributed by atoms with Gasteiger partial charge in [-0.25, -0.2) is 0 Å². The van der Waals surface area contributed by atoms with Gasteiger partial charge in [0.1, 0.15) is 0 Å². The largest absolute Gasteiger partial charge is 0.463 e. The Morgan fingerprint density at radius 2 is 2.25 bits per heavy atom. The minimum atomic E-state index is -0.0759. The number of esters is 1. The highest BCUT2D eigenvalue weighted by Crippen LogP contribution is 2.25. The van der Waals surface area contributed by atoms with E-state index in [9.17, 15) is 4.79 Å². The number of allylic oxidation sites excluding steroid dienone is 1. The summed E-state index contributed by atoms with van der Waals surface area (Å²) in [5, 5.41) is 0. The smallest absolute Gasteiger partial charge is 0.306 e. The lowest BCUT2D eigenvalue weighted by atomic mass is 9.93. The number of carbonyl (C=O) groups excluding carboxylic acids is 1. The highest BCUT2D eigenvalue weighted by molar-refractivity contribution is 5.70. The van der Waals surface area contributed by atoms with E-state index < -0.39 is 0 Å². The molecule has 1 fully saturated rings. The Morgan fingerprint density at radius 3 is 2.83 bits per heavy atom. The summed E-state index contributed by atoms with van der Waals surface area (Å²) in [4.78, 5) is 11.1. The van der Waals surface area contributed by atoms with Gasteiger partial charge in [0.2, 0.25) is 0 Å². The van der Waals surface area contributed by atoms with Crippen molar-refractivity contribution in [3.05, 3.63) is 12.2 Å². The van der Waals surface area contributed by atoms with Crippen LogP contribution in [0.5, 0.6) is 0 Å². The van der Waals surface area contributed by atoms with Gasteiger partial charge >= 0.3 is 5.97 Å². The lowest BCUT2D eigenvalue weighted by Crippen LogP contribution is -2.11. The second-order valence-electron chi connectivity index (χ2n) is 3.63. The molecule has 1 rings (SSSR count). The first-order chi connectivity index (χ1) is 5.59. The maximum atomic E-state index is 11.1. The van der Waals surface area contributed by atoms with Crippen LogP contribution in [0, 0.1) is 5.92 Å². The van der Waals surface area contributed by atoms with Crippen LogP contribution >= 0.6 is 0 Å². The van der Waals surface area contributed by atoms with Gasteiger partial charge in [-0.05, 0) is 32.6 Å². The molecule has 0 amide bonds. The van der Waals surface area contributed by atoms with Gasteiger partial charge in [0.05, 0.1) is 12.5 Å². The zero-order valence-corrected chi connectivity index (χ0v) is 7.80. The van der Waals surface area contributed by atoms with Gasteiger partial charge in [-0.1, -0.05) is 12.2 Å². The molecule has 2 heteroatoms. The molecular formula is C10H16O2. The quantitative estimate of drug-likeness (QED) is 0.443. The molecule has 2 nitrogen and oxygen atoms in total. The molecular weight excluding hydrogens is 152 g/mol. The van der Waals surface area contributed by atoms with E-state index in [2.05, 4.69) is 6.58 Å². The Bertz CT molecular complexity index is 196. The normalized spacial score (nSPS) is 30.7. The molecule has 1 heterocycles. The van der Waals surface area contributed by atoms with E-state index in [4.69, 9.17) is 4.74 Å². The third kappa shape index (κ3) is 2.36. The van der Waals surface area contributed by atoms with Crippen LogP contribution in [0.2, 0.25) is 0 Å². The molecule has 0 aliphatic carbocycles. The average Bonchev–Trinajstić information content (AvgIpc) is 2.11. The van der Waals surface area contributed by atoms with E-state index in [0.717, 1.165) is 18.4 Å². The Hall–Kier alpha value is -0.790. The first-order valence-electron chi connectivity index (χ1n) is 4.44. The van der Waals surface area contributed by atoms with Crippen molar-refractivity contribution in [1.82, 2.24) is 0 Å². The monoisotopic (exact) mass is 168 g/mol. The molecule has 1 saturated heterocycles. The van der Waals surface area contributed by atoms with E-state index in [-0.39, 0.29) is 12.1 Å². The van der Waals surface area contributed by atoms with Gasteiger partial charge in [0.15, 0.2) is 0 Å². The van der Waals surface area contributed by atoms with Gasteiger partial charge < -0.3 is 4.74 Å². The lowest BCUT2D eigenvalue weighted by molar-refractivity contribution is -0.147. The summed E-state index contributed by atoms with van der Waals surface area (Å²) in [6.07, 6.45) is 2.59. The van der Waals surface area contributed by atoms with Crippen molar-refractivity contribution >= 4 is 5.97 Å². The summed E-state index contributed by atoms with van der Waals surface area (Å²) in [7, 11) is 0. The van der Waals surface area contributed by atoms with Crippen LogP contribution in [-0.2, 0) is 9.53 Å². The van der Waals surface area contributed by atoms with E-state index in [1.165, 1.54) is 0 Å². The van der Waals surface area contributed by atoms with Crippen LogP contribution in [0.4, 0.5) is 0 Å². The number of hydrogen-bond donors (Lipinski definition) is 0. The van der Waals surface area contributed by atoms with Gasteiger partial charge in [-0.15, -0.1) is 0 Å². The van der Waals surface area contributed by atoms with Crippen molar-refractivity contribution in [2.75, 3.05) is 0 Å². The molecule has 1 aliphatic rings. The fraction of sp³-hybridized carbons (Fsp3) is 0.700. The minimum absolute atomic E-state index is 0.0759. The number of rotatable bonds is 1. The molecule has 0 spiro atoms. The third-order valence-corrected chi connectivity index (χ3v) is 2.36. The first-order valence-corrected chi connectivity index (χ1v) is 4.44. The Kier molecular flexibility index (Phi) is 2.90. The van der Waals surface area contributed by atoms with E-state index in [0.29, 0.717) is 12.3 Å². The molecule has 0 aromatic rings. The van der Waals surface area contributed by atoms with Crippen LogP contribution in [0.3, 0.4) is 0 Å². The maximum Gasteiger partial charge on any atom is 0.306 e. The summed E-state index contributed by atoms with van der Waals surface area (Å²) < 4.78 is 5.11. The van der Waals surface area contributed by atoms with Crippen molar-refractivity contribution < 1.29 is 9.53 Å². The number of cyclic esters (lactones) is 1. The molecule has 0 N–H and O–H groups in total. The zero-order chi connectivity index (χ0) is 9.14. The highest BCUT2D eigenvalue weighted by atomic mass is 16.5. The van der Waals surface area contributed by atoms with Crippen LogP contribution in [0.1, 0.15) is 33.1 Å². The van der Waals surface area contributed by atoms with E-state index in [1.54, 1.807) is 0 Å². The van der Waals surface area contributed by atoms with Gasteiger partial charge in [0.25, 0.3) is 0 Å². The fourth-order valence-corrected chi connectivity index (χ4v) is 1.49.